The average molecular weight is 261 g/mol. The molecule has 1 N–H and O–H groups in total. The number of aliphatic carboxylic acids is 1. The summed E-state index contributed by atoms with van der Waals surface area (Å²) in [5, 5.41) is 9.33. The van der Waals surface area contributed by atoms with Crippen molar-refractivity contribution in [3.63, 3.8) is 0 Å². The lowest BCUT2D eigenvalue weighted by atomic mass is 9.84. The topological polar surface area (TPSA) is 57.6 Å². The molecule has 0 spiro atoms. The molecule has 4 nitrogen and oxygen atoms in total. The number of carboxylic acids is 1. The minimum Gasteiger partial charge on any atom is -0.481 e. The van der Waals surface area contributed by atoms with Gasteiger partial charge < -0.3 is 10.0 Å². The van der Waals surface area contributed by atoms with Crippen LogP contribution in [0.2, 0.25) is 0 Å². The van der Waals surface area contributed by atoms with Crippen molar-refractivity contribution in [1.29, 1.82) is 0 Å². The second kappa shape index (κ2) is 5.03. The number of aryl methyl sites for hydroxylation is 1. The van der Waals surface area contributed by atoms with Crippen molar-refractivity contribution in [3.05, 3.63) is 35.4 Å². The molecule has 0 aromatic heterocycles. The van der Waals surface area contributed by atoms with Gasteiger partial charge in [-0.1, -0.05) is 24.6 Å². The van der Waals surface area contributed by atoms with E-state index >= 15 is 0 Å². The normalized spacial score (nSPS) is 22.5. The van der Waals surface area contributed by atoms with Crippen LogP contribution in [0.4, 0.5) is 0 Å². The van der Waals surface area contributed by atoms with Gasteiger partial charge in [0.1, 0.15) is 0 Å². The lowest BCUT2D eigenvalue weighted by molar-refractivity contribution is -0.148. The molecule has 0 bridgehead atoms. The number of amides is 1. The van der Waals surface area contributed by atoms with E-state index in [9.17, 15) is 14.7 Å². The third-order valence-corrected chi connectivity index (χ3v) is 4.07. The van der Waals surface area contributed by atoms with Gasteiger partial charge >= 0.3 is 5.97 Å². The van der Waals surface area contributed by atoms with Gasteiger partial charge in [0, 0.05) is 18.7 Å². The number of carbonyl (C=O) groups excluding carboxylic acids is 1. The number of likely N-dealkylation sites (tertiary alicyclic amines) is 1. The lowest BCUT2D eigenvalue weighted by Gasteiger charge is -2.23. The van der Waals surface area contributed by atoms with E-state index in [1.165, 1.54) is 0 Å². The van der Waals surface area contributed by atoms with E-state index in [1.54, 1.807) is 17.0 Å². The predicted molar refractivity (Wildman–Crippen MR) is 72.1 cm³/mol. The molecule has 1 aliphatic heterocycles. The Morgan fingerprint density at radius 1 is 1.32 bits per heavy atom. The summed E-state index contributed by atoms with van der Waals surface area (Å²) >= 11 is 0. The van der Waals surface area contributed by atoms with E-state index in [-0.39, 0.29) is 5.91 Å². The zero-order valence-corrected chi connectivity index (χ0v) is 11.3. The van der Waals surface area contributed by atoms with E-state index in [4.69, 9.17) is 0 Å². The second-order valence-corrected chi connectivity index (χ2v) is 5.28. The lowest BCUT2D eigenvalue weighted by Crippen LogP contribution is -2.36. The van der Waals surface area contributed by atoms with E-state index in [2.05, 4.69) is 0 Å². The fraction of sp³-hybridized carbons (Fsp3) is 0.467. The van der Waals surface area contributed by atoms with Crippen LogP contribution in [0, 0.1) is 12.3 Å². The average Bonchev–Trinajstić information content (AvgIpc) is 2.84. The largest absolute Gasteiger partial charge is 0.481 e. The molecule has 4 heteroatoms. The molecule has 1 aromatic rings. The van der Waals surface area contributed by atoms with Crippen molar-refractivity contribution >= 4 is 11.9 Å². The number of carboxylic acid groups (broad SMARTS) is 1. The summed E-state index contributed by atoms with van der Waals surface area (Å²) in [5.41, 5.74) is 0.967. The molecule has 1 aliphatic rings. The summed E-state index contributed by atoms with van der Waals surface area (Å²) in [6, 6.07) is 7.38. The molecule has 102 valence electrons. The van der Waals surface area contributed by atoms with Gasteiger partial charge in [-0.3, -0.25) is 9.59 Å². The fourth-order valence-corrected chi connectivity index (χ4v) is 2.54. The van der Waals surface area contributed by atoms with Crippen LogP contribution in [0.1, 0.15) is 35.7 Å². The van der Waals surface area contributed by atoms with Gasteiger partial charge in [-0.15, -0.1) is 0 Å². The smallest absolute Gasteiger partial charge is 0.311 e. The Morgan fingerprint density at radius 2 is 1.95 bits per heavy atom. The van der Waals surface area contributed by atoms with E-state index in [0.29, 0.717) is 31.5 Å². The Bertz CT molecular complexity index is 495. The van der Waals surface area contributed by atoms with Crippen LogP contribution in [0.25, 0.3) is 0 Å². The second-order valence-electron chi connectivity index (χ2n) is 5.28. The quantitative estimate of drug-likeness (QED) is 0.908. The molecular formula is C15H19NO3. The molecule has 2 rings (SSSR count). The summed E-state index contributed by atoms with van der Waals surface area (Å²) < 4.78 is 0. The first-order chi connectivity index (χ1) is 8.98. The molecule has 1 fully saturated rings. The van der Waals surface area contributed by atoms with Crippen LogP contribution >= 0.6 is 0 Å². The third-order valence-electron chi connectivity index (χ3n) is 4.07. The highest BCUT2D eigenvalue weighted by Crippen LogP contribution is 2.34. The monoisotopic (exact) mass is 261 g/mol. The zero-order valence-electron chi connectivity index (χ0n) is 11.3. The van der Waals surface area contributed by atoms with Crippen molar-refractivity contribution < 1.29 is 14.7 Å². The van der Waals surface area contributed by atoms with Gasteiger partial charge in [-0.25, -0.2) is 0 Å². The minimum absolute atomic E-state index is 0.0726. The van der Waals surface area contributed by atoms with Crippen molar-refractivity contribution in [2.45, 2.75) is 26.7 Å². The van der Waals surface area contributed by atoms with E-state index in [1.807, 2.05) is 26.0 Å². The SMILES string of the molecule is CCC1(C(=O)O)CCN(C(=O)c2ccc(C)cc2)C1. The number of carbonyl (C=O) groups is 2. The summed E-state index contributed by atoms with van der Waals surface area (Å²) in [5.74, 6) is -0.870. The van der Waals surface area contributed by atoms with Crippen LogP contribution in [0.15, 0.2) is 24.3 Å². The summed E-state index contributed by atoms with van der Waals surface area (Å²) in [4.78, 5) is 25.3. The molecule has 0 saturated carbocycles. The predicted octanol–water partition coefficient (Wildman–Crippen LogP) is 2.32. The molecule has 1 heterocycles. The maximum Gasteiger partial charge on any atom is 0.311 e. The highest BCUT2D eigenvalue weighted by atomic mass is 16.4. The van der Waals surface area contributed by atoms with Crippen LogP contribution < -0.4 is 0 Å². The summed E-state index contributed by atoms with van der Waals surface area (Å²) in [6.45, 7) is 4.67. The zero-order chi connectivity index (χ0) is 14.0. The molecule has 1 atom stereocenters. The fourth-order valence-electron chi connectivity index (χ4n) is 2.54. The first-order valence-electron chi connectivity index (χ1n) is 6.58. The Kier molecular flexibility index (Phi) is 3.60. The molecule has 1 saturated heterocycles. The first-order valence-corrected chi connectivity index (χ1v) is 6.58. The van der Waals surface area contributed by atoms with Gasteiger partial charge in [0.2, 0.25) is 0 Å². The molecule has 1 amide bonds. The Labute approximate surface area is 113 Å². The molecular weight excluding hydrogens is 242 g/mol. The third kappa shape index (κ3) is 2.48. The van der Waals surface area contributed by atoms with Crippen molar-refractivity contribution in [3.8, 4) is 0 Å². The maximum absolute atomic E-state index is 12.3. The molecule has 0 aliphatic carbocycles. The first kappa shape index (κ1) is 13.6. The highest BCUT2D eigenvalue weighted by Gasteiger charge is 2.44. The van der Waals surface area contributed by atoms with Gasteiger partial charge in [-0.2, -0.15) is 0 Å². The number of nitrogens with zero attached hydrogens (tertiary/aromatic N) is 1. The molecule has 19 heavy (non-hydrogen) atoms. The molecule has 0 radical (unpaired) electrons. The van der Waals surface area contributed by atoms with E-state index < -0.39 is 11.4 Å². The summed E-state index contributed by atoms with van der Waals surface area (Å²) in [7, 11) is 0. The summed E-state index contributed by atoms with van der Waals surface area (Å²) in [6.07, 6.45) is 1.09. The number of hydrogen-bond acceptors (Lipinski definition) is 2. The van der Waals surface area contributed by atoms with Crippen molar-refractivity contribution in [1.82, 2.24) is 4.90 Å². The number of rotatable bonds is 3. The van der Waals surface area contributed by atoms with Crippen LogP contribution in [-0.2, 0) is 4.79 Å². The van der Waals surface area contributed by atoms with Gasteiger partial charge in [0.15, 0.2) is 0 Å². The standard InChI is InChI=1S/C15H19NO3/c1-3-15(14(18)19)8-9-16(10-15)13(17)12-6-4-11(2)5-7-12/h4-7H,3,8-10H2,1-2H3,(H,18,19). The Balaban J connectivity index is 2.14. The molecule has 1 aromatic carbocycles. The maximum atomic E-state index is 12.3. The highest BCUT2D eigenvalue weighted by molar-refractivity contribution is 5.95. The number of benzene rings is 1. The van der Waals surface area contributed by atoms with E-state index in [0.717, 1.165) is 5.56 Å². The van der Waals surface area contributed by atoms with Crippen LogP contribution in [-0.4, -0.2) is 35.0 Å². The van der Waals surface area contributed by atoms with Gasteiger partial charge in [0.25, 0.3) is 5.91 Å². The Morgan fingerprint density at radius 3 is 2.42 bits per heavy atom. The molecule has 1 unspecified atom stereocenters. The Hall–Kier alpha value is -1.84. The van der Waals surface area contributed by atoms with Gasteiger partial charge in [0.05, 0.1) is 5.41 Å². The van der Waals surface area contributed by atoms with Crippen LogP contribution in [0.5, 0.6) is 0 Å². The minimum atomic E-state index is -0.797. The van der Waals surface area contributed by atoms with Crippen molar-refractivity contribution in [2.75, 3.05) is 13.1 Å². The van der Waals surface area contributed by atoms with Crippen LogP contribution in [0.3, 0.4) is 0 Å². The van der Waals surface area contributed by atoms with Crippen molar-refractivity contribution in [2.24, 2.45) is 5.41 Å². The van der Waals surface area contributed by atoms with Gasteiger partial charge in [-0.05, 0) is 31.9 Å². The number of hydrogen-bond donors (Lipinski definition) is 1.